The van der Waals surface area contributed by atoms with E-state index in [1.807, 2.05) is 24.4 Å². The van der Waals surface area contributed by atoms with Crippen molar-refractivity contribution in [3.63, 3.8) is 0 Å². The molecule has 3 nitrogen and oxygen atoms in total. The molecule has 0 bridgehead atoms. The number of para-hydroxylation sites is 1. The normalized spacial score (nSPS) is 21.3. The topological polar surface area (TPSA) is 36.4 Å². The van der Waals surface area contributed by atoms with E-state index in [0.717, 1.165) is 38.0 Å². The number of aromatic nitrogens is 1. The molecular formula is C15H18N2O. The molecule has 1 aliphatic heterocycles. The molecule has 1 aromatic carbocycles. The summed E-state index contributed by atoms with van der Waals surface area (Å²) in [6.07, 6.45) is 3.81. The number of β-amino-alcohol motifs (C(OH)–C–C–N with tert-alkyl or cyclic N) is 1. The first kappa shape index (κ1) is 11.6. The Hall–Kier alpha value is -1.45. The number of likely N-dealkylation sites (tertiary alicyclic amines) is 1. The predicted octanol–water partition coefficient (Wildman–Crippen LogP) is 2.19. The third kappa shape index (κ3) is 2.52. The van der Waals surface area contributed by atoms with E-state index in [1.54, 1.807) is 0 Å². The van der Waals surface area contributed by atoms with Crippen molar-refractivity contribution in [2.45, 2.75) is 25.5 Å². The first-order valence-electron chi connectivity index (χ1n) is 6.55. The zero-order chi connectivity index (χ0) is 12.4. The summed E-state index contributed by atoms with van der Waals surface area (Å²) < 4.78 is 0. The lowest BCUT2D eigenvalue weighted by Crippen LogP contribution is -2.37. The molecule has 1 aliphatic rings. The summed E-state index contributed by atoms with van der Waals surface area (Å²) in [4.78, 5) is 6.78. The van der Waals surface area contributed by atoms with Crippen molar-refractivity contribution in [1.29, 1.82) is 0 Å². The van der Waals surface area contributed by atoms with Gasteiger partial charge in [0.1, 0.15) is 0 Å². The lowest BCUT2D eigenvalue weighted by Gasteiger charge is -2.29. The maximum atomic E-state index is 9.67. The van der Waals surface area contributed by atoms with Crippen molar-refractivity contribution in [3.8, 4) is 0 Å². The summed E-state index contributed by atoms with van der Waals surface area (Å²) in [7, 11) is 0. The molecule has 3 heteroatoms. The SMILES string of the molecule is O[C@H]1CCCN(Cc2cnc3ccccc3c2)C1. The molecule has 0 amide bonds. The van der Waals surface area contributed by atoms with Gasteiger partial charge in [0.25, 0.3) is 0 Å². The number of nitrogens with zero attached hydrogens (tertiary/aromatic N) is 2. The Morgan fingerprint density at radius 2 is 2.22 bits per heavy atom. The second-order valence-corrected chi connectivity index (χ2v) is 5.07. The standard InChI is InChI=1S/C15H18N2O/c18-14-5-3-7-17(11-14)10-12-8-13-4-1-2-6-15(13)16-9-12/h1-2,4,6,8-9,14,18H,3,5,7,10-11H2/t14-/m0/s1. The second-order valence-electron chi connectivity index (χ2n) is 5.07. The van der Waals surface area contributed by atoms with Gasteiger partial charge in [-0.1, -0.05) is 18.2 Å². The van der Waals surface area contributed by atoms with Gasteiger partial charge in [0.2, 0.25) is 0 Å². The first-order chi connectivity index (χ1) is 8.81. The van der Waals surface area contributed by atoms with Crippen LogP contribution >= 0.6 is 0 Å². The Labute approximate surface area is 107 Å². The molecule has 1 atom stereocenters. The summed E-state index contributed by atoms with van der Waals surface area (Å²) in [5.74, 6) is 0. The number of benzene rings is 1. The maximum absolute atomic E-state index is 9.67. The van der Waals surface area contributed by atoms with E-state index in [2.05, 4.69) is 22.0 Å². The first-order valence-corrected chi connectivity index (χ1v) is 6.55. The van der Waals surface area contributed by atoms with Crippen molar-refractivity contribution in [2.24, 2.45) is 0 Å². The lowest BCUT2D eigenvalue weighted by atomic mass is 10.1. The Kier molecular flexibility index (Phi) is 3.26. The molecule has 0 spiro atoms. The van der Waals surface area contributed by atoms with Crippen molar-refractivity contribution >= 4 is 10.9 Å². The Bertz CT molecular complexity index is 541. The van der Waals surface area contributed by atoms with Crippen LogP contribution in [0.4, 0.5) is 0 Å². The fourth-order valence-electron chi connectivity index (χ4n) is 2.64. The van der Waals surface area contributed by atoms with Crippen molar-refractivity contribution in [2.75, 3.05) is 13.1 Å². The van der Waals surface area contributed by atoms with Crippen LogP contribution in [0.2, 0.25) is 0 Å². The van der Waals surface area contributed by atoms with Crippen LogP contribution in [0.5, 0.6) is 0 Å². The summed E-state index contributed by atoms with van der Waals surface area (Å²) >= 11 is 0. The van der Waals surface area contributed by atoms with Crippen LogP contribution in [-0.4, -0.2) is 34.2 Å². The highest BCUT2D eigenvalue weighted by Gasteiger charge is 2.17. The molecule has 0 unspecified atom stereocenters. The molecule has 0 saturated carbocycles. The van der Waals surface area contributed by atoms with E-state index in [9.17, 15) is 5.11 Å². The van der Waals surface area contributed by atoms with Gasteiger partial charge in [-0.3, -0.25) is 9.88 Å². The van der Waals surface area contributed by atoms with Crippen LogP contribution in [-0.2, 0) is 6.54 Å². The highest BCUT2D eigenvalue weighted by Crippen LogP contribution is 2.16. The predicted molar refractivity (Wildman–Crippen MR) is 72.3 cm³/mol. The quantitative estimate of drug-likeness (QED) is 0.877. The Morgan fingerprint density at radius 3 is 3.11 bits per heavy atom. The Balaban J connectivity index is 1.78. The minimum Gasteiger partial charge on any atom is -0.392 e. The van der Waals surface area contributed by atoms with Crippen LogP contribution in [0, 0.1) is 0 Å². The molecule has 3 rings (SSSR count). The highest BCUT2D eigenvalue weighted by molar-refractivity contribution is 5.78. The molecule has 2 aromatic rings. The molecule has 0 aliphatic carbocycles. The maximum Gasteiger partial charge on any atom is 0.0702 e. The van der Waals surface area contributed by atoms with Gasteiger partial charge in [-0.25, -0.2) is 0 Å². The number of fused-ring (bicyclic) bond motifs is 1. The summed E-state index contributed by atoms with van der Waals surface area (Å²) in [5.41, 5.74) is 2.27. The van der Waals surface area contributed by atoms with Crippen LogP contribution in [0.1, 0.15) is 18.4 Å². The average Bonchev–Trinajstić information content (AvgIpc) is 2.39. The molecule has 1 saturated heterocycles. The smallest absolute Gasteiger partial charge is 0.0702 e. The molecule has 94 valence electrons. The van der Waals surface area contributed by atoms with Crippen LogP contribution in [0.3, 0.4) is 0 Å². The van der Waals surface area contributed by atoms with E-state index >= 15 is 0 Å². The molecule has 1 aromatic heterocycles. The molecule has 2 heterocycles. The van der Waals surface area contributed by atoms with Crippen LogP contribution < -0.4 is 0 Å². The molecular weight excluding hydrogens is 224 g/mol. The third-order valence-electron chi connectivity index (χ3n) is 3.53. The molecule has 1 fully saturated rings. The number of piperidine rings is 1. The van der Waals surface area contributed by atoms with Gasteiger partial charge in [0.05, 0.1) is 11.6 Å². The lowest BCUT2D eigenvalue weighted by molar-refractivity contribution is 0.0668. The number of rotatable bonds is 2. The third-order valence-corrected chi connectivity index (χ3v) is 3.53. The number of hydrogen-bond donors (Lipinski definition) is 1. The number of aliphatic hydroxyl groups excluding tert-OH is 1. The van der Waals surface area contributed by atoms with Crippen LogP contribution in [0.25, 0.3) is 10.9 Å². The highest BCUT2D eigenvalue weighted by atomic mass is 16.3. The zero-order valence-electron chi connectivity index (χ0n) is 10.4. The van der Waals surface area contributed by atoms with E-state index in [0.29, 0.717) is 0 Å². The number of aliphatic hydroxyl groups is 1. The number of hydrogen-bond acceptors (Lipinski definition) is 3. The summed E-state index contributed by atoms with van der Waals surface area (Å²) in [5, 5.41) is 10.9. The van der Waals surface area contributed by atoms with Crippen molar-refractivity contribution in [1.82, 2.24) is 9.88 Å². The van der Waals surface area contributed by atoms with Crippen LogP contribution in [0.15, 0.2) is 36.5 Å². The zero-order valence-corrected chi connectivity index (χ0v) is 10.4. The fourth-order valence-corrected chi connectivity index (χ4v) is 2.64. The Morgan fingerprint density at radius 1 is 1.33 bits per heavy atom. The van der Waals surface area contributed by atoms with E-state index < -0.39 is 0 Å². The van der Waals surface area contributed by atoms with Crippen molar-refractivity contribution < 1.29 is 5.11 Å². The summed E-state index contributed by atoms with van der Waals surface area (Å²) in [6.45, 7) is 2.74. The van der Waals surface area contributed by atoms with Gasteiger partial charge in [0, 0.05) is 24.7 Å². The van der Waals surface area contributed by atoms with Gasteiger partial charge < -0.3 is 5.11 Å². The molecule has 1 N–H and O–H groups in total. The summed E-state index contributed by atoms with van der Waals surface area (Å²) in [6, 6.07) is 10.4. The minimum atomic E-state index is -0.160. The monoisotopic (exact) mass is 242 g/mol. The molecule has 0 radical (unpaired) electrons. The van der Waals surface area contributed by atoms with E-state index in [4.69, 9.17) is 0 Å². The van der Waals surface area contributed by atoms with Gasteiger partial charge in [0.15, 0.2) is 0 Å². The van der Waals surface area contributed by atoms with E-state index in [-0.39, 0.29) is 6.10 Å². The molecule has 18 heavy (non-hydrogen) atoms. The second kappa shape index (κ2) is 5.04. The number of pyridine rings is 1. The van der Waals surface area contributed by atoms with E-state index in [1.165, 1.54) is 10.9 Å². The van der Waals surface area contributed by atoms with Gasteiger partial charge in [-0.2, -0.15) is 0 Å². The van der Waals surface area contributed by atoms with Crippen molar-refractivity contribution in [3.05, 3.63) is 42.1 Å². The minimum absolute atomic E-state index is 0.160. The average molecular weight is 242 g/mol. The van der Waals surface area contributed by atoms with Gasteiger partial charge in [-0.05, 0) is 37.1 Å². The van der Waals surface area contributed by atoms with Gasteiger partial charge in [-0.15, -0.1) is 0 Å². The van der Waals surface area contributed by atoms with Gasteiger partial charge >= 0.3 is 0 Å². The fraction of sp³-hybridized carbons (Fsp3) is 0.400. The largest absolute Gasteiger partial charge is 0.392 e.